The van der Waals surface area contributed by atoms with Gasteiger partial charge in [0.25, 0.3) is 0 Å². The molecule has 1 aromatic carbocycles. The lowest BCUT2D eigenvalue weighted by Crippen LogP contribution is -2.32. The molecule has 120 valence electrons. The fraction of sp³-hybridized carbons (Fsp3) is 0.647. The molecule has 3 unspecified atom stereocenters. The van der Waals surface area contributed by atoms with Crippen molar-refractivity contribution in [3.63, 3.8) is 0 Å². The summed E-state index contributed by atoms with van der Waals surface area (Å²) >= 11 is 0. The minimum absolute atomic E-state index is 0.287. The van der Waals surface area contributed by atoms with Gasteiger partial charge in [-0.15, -0.1) is 0 Å². The quantitative estimate of drug-likeness (QED) is 0.684. The first kappa shape index (κ1) is 14.3. The van der Waals surface area contributed by atoms with Crippen molar-refractivity contribution in [2.75, 3.05) is 44.4 Å². The molecule has 5 nitrogen and oxygen atoms in total. The summed E-state index contributed by atoms with van der Waals surface area (Å²) in [6.45, 7) is 9.36. The van der Waals surface area contributed by atoms with E-state index < -0.39 is 0 Å². The molecule has 5 heteroatoms. The number of benzene rings is 1. The second kappa shape index (κ2) is 5.72. The van der Waals surface area contributed by atoms with Crippen LogP contribution in [0.1, 0.15) is 11.1 Å². The van der Waals surface area contributed by atoms with Gasteiger partial charge in [0.05, 0.1) is 32.0 Å². The van der Waals surface area contributed by atoms with Crippen molar-refractivity contribution < 1.29 is 18.9 Å². The summed E-state index contributed by atoms with van der Waals surface area (Å²) in [4.78, 5) is 2.39. The van der Waals surface area contributed by atoms with E-state index in [9.17, 15) is 0 Å². The fourth-order valence-electron chi connectivity index (χ4n) is 2.73. The molecule has 0 saturated carbocycles. The SMILES string of the molecule is Cc1cc(N(CC2CO2)CC2CO2)c(C)cc1OCC1CO1. The van der Waals surface area contributed by atoms with E-state index in [4.69, 9.17) is 18.9 Å². The standard InChI is InChI=1S/C17H23NO4/c1-11-4-17(22-10-15-9-21-15)12(2)3-16(11)18(5-13-7-19-13)6-14-8-20-14/h3-4,13-15H,5-10H2,1-2H3. The van der Waals surface area contributed by atoms with Crippen LogP contribution in [-0.2, 0) is 14.2 Å². The highest BCUT2D eigenvalue weighted by molar-refractivity contribution is 5.59. The number of anilines is 1. The summed E-state index contributed by atoms with van der Waals surface area (Å²) in [7, 11) is 0. The predicted molar refractivity (Wildman–Crippen MR) is 82.8 cm³/mol. The molecular weight excluding hydrogens is 282 g/mol. The Kier molecular flexibility index (Phi) is 3.72. The Labute approximate surface area is 131 Å². The lowest BCUT2D eigenvalue weighted by molar-refractivity contribution is 0.261. The van der Waals surface area contributed by atoms with Crippen molar-refractivity contribution in [3.05, 3.63) is 23.3 Å². The molecule has 1 aromatic rings. The molecule has 3 aliphatic rings. The minimum Gasteiger partial charge on any atom is -0.491 e. The topological polar surface area (TPSA) is 50.1 Å². The Bertz CT molecular complexity index is 536. The molecule has 0 aliphatic carbocycles. The van der Waals surface area contributed by atoms with E-state index in [1.54, 1.807) is 0 Å². The van der Waals surface area contributed by atoms with E-state index in [0.29, 0.717) is 18.8 Å². The Morgan fingerprint density at radius 2 is 1.55 bits per heavy atom. The van der Waals surface area contributed by atoms with E-state index in [1.807, 2.05) is 0 Å². The Morgan fingerprint density at radius 3 is 2.09 bits per heavy atom. The summed E-state index contributed by atoms with van der Waals surface area (Å²) in [5.41, 5.74) is 3.66. The van der Waals surface area contributed by atoms with E-state index in [-0.39, 0.29) is 6.10 Å². The number of rotatable bonds is 8. The summed E-state index contributed by atoms with van der Waals surface area (Å²) < 4.78 is 21.9. The van der Waals surface area contributed by atoms with Gasteiger partial charge in [-0.2, -0.15) is 0 Å². The minimum atomic E-state index is 0.287. The van der Waals surface area contributed by atoms with Crippen LogP contribution in [0.25, 0.3) is 0 Å². The van der Waals surface area contributed by atoms with Gasteiger partial charge in [0.15, 0.2) is 0 Å². The predicted octanol–water partition coefficient (Wildman–Crippen LogP) is 1.69. The molecule has 3 aliphatic heterocycles. The highest BCUT2D eigenvalue weighted by atomic mass is 16.6. The maximum absolute atomic E-state index is 5.87. The summed E-state index contributed by atoms with van der Waals surface area (Å²) in [6, 6.07) is 4.37. The van der Waals surface area contributed by atoms with Crippen LogP contribution in [0.15, 0.2) is 12.1 Å². The molecule has 4 rings (SSSR count). The number of aryl methyl sites for hydroxylation is 2. The number of hydrogen-bond donors (Lipinski definition) is 0. The van der Waals surface area contributed by atoms with Gasteiger partial charge < -0.3 is 23.8 Å². The third-order valence-electron chi connectivity index (χ3n) is 4.31. The molecule has 3 fully saturated rings. The maximum Gasteiger partial charge on any atom is 0.122 e. The van der Waals surface area contributed by atoms with Crippen LogP contribution in [0.3, 0.4) is 0 Å². The normalized spacial score (nSPS) is 28.4. The highest BCUT2D eigenvalue weighted by Crippen LogP contribution is 2.31. The Balaban J connectivity index is 1.51. The third kappa shape index (κ3) is 3.54. The zero-order valence-electron chi connectivity index (χ0n) is 13.2. The van der Waals surface area contributed by atoms with E-state index >= 15 is 0 Å². The third-order valence-corrected chi connectivity index (χ3v) is 4.31. The van der Waals surface area contributed by atoms with Crippen LogP contribution >= 0.6 is 0 Å². The molecule has 0 amide bonds. The van der Waals surface area contributed by atoms with Crippen molar-refractivity contribution >= 4 is 5.69 Å². The second-order valence-electron chi connectivity index (χ2n) is 6.49. The lowest BCUT2D eigenvalue weighted by atomic mass is 10.1. The average molecular weight is 305 g/mol. The van der Waals surface area contributed by atoms with Gasteiger partial charge >= 0.3 is 0 Å². The molecule has 0 radical (unpaired) electrons. The zero-order valence-corrected chi connectivity index (χ0v) is 13.2. The van der Waals surface area contributed by atoms with Gasteiger partial charge in [-0.05, 0) is 37.1 Å². The molecule has 0 bridgehead atoms. The number of ether oxygens (including phenoxy) is 4. The van der Waals surface area contributed by atoms with Gasteiger partial charge in [-0.25, -0.2) is 0 Å². The van der Waals surface area contributed by atoms with Crippen LogP contribution < -0.4 is 9.64 Å². The zero-order chi connectivity index (χ0) is 15.1. The maximum atomic E-state index is 5.87. The van der Waals surface area contributed by atoms with Gasteiger partial charge in [0, 0.05) is 18.8 Å². The molecule has 0 N–H and O–H groups in total. The van der Waals surface area contributed by atoms with Crippen molar-refractivity contribution in [1.29, 1.82) is 0 Å². The van der Waals surface area contributed by atoms with Gasteiger partial charge in [0.2, 0.25) is 0 Å². The van der Waals surface area contributed by atoms with Crippen molar-refractivity contribution in [1.82, 2.24) is 0 Å². The van der Waals surface area contributed by atoms with Gasteiger partial charge in [-0.1, -0.05) is 0 Å². The molecule has 3 heterocycles. The number of epoxide rings is 3. The Hall–Kier alpha value is -1.30. The summed E-state index contributed by atoms with van der Waals surface area (Å²) in [5.74, 6) is 0.960. The molecule has 0 aromatic heterocycles. The van der Waals surface area contributed by atoms with Crippen LogP contribution in [0.5, 0.6) is 5.75 Å². The molecule has 3 atom stereocenters. The van der Waals surface area contributed by atoms with E-state index in [1.165, 1.54) is 16.8 Å². The Morgan fingerprint density at radius 1 is 0.955 bits per heavy atom. The van der Waals surface area contributed by atoms with Gasteiger partial charge in [0.1, 0.15) is 18.5 Å². The first-order chi connectivity index (χ1) is 10.7. The van der Waals surface area contributed by atoms with E-state index in [0.717, 1.165) is 38.7 Å². The van der Waals surface area contributed by atoms with Gasteiger partial charge in [-0.3, -0.25) is 0 Å². The summed E-state index contributed by atoms with van der Waals surface area (Å²) in [5, 5.41) is 0. The van der Waals surface area contributed by atoms with Crippen LogP contribution in [0, 0.1) is 13.8 Å². The number of hydrogen-bond acceptors (Lipinski definition) is 5. The van der Waals surface area contributed by atoms with Crippen LogP contribution in [-0.4, -0.2) is 57.8 Å². The number of nitrogens with zero attached hydrogens (tertiary/aromatic N) is 1. The van der Waals surface area contributed by atoms with Crippen molar-refractivity contribution in [3.8, 4) is 5.75 Å². The molecule has 0 spiro atoms. The smallest absolute Gasteiger partial charge is 0.122 e. The molecule has 22 heavy (non-hydrogen) atoms. The van der Waals surface area contributed by atoms with Crippen molar-refractivity contribution in [2.24, 2.45) is 0 Å². The second-order valence-corrected chi connectivity index (χ2v) is 6.49. The highest BCUT2D eigenvalue weighted by Gasteiger charge is 2.31. The average Bonchev–Trinajstić information content (AvgIpc) is 3.35. The summed E-state index contributed by atoms with van der Waals surface area (Å²) in [6.07, 6.45) is 1.04. The first-order valence-electron chi connectivity index (χ1n) is 8.03. The fourth-order valence-corrected chi connectivity index (χ4v) is 2.73. The first-order valence-corrected chi connectivity index (χ1v) is 8.03. The van der Waals surface area contributed by atoms with Crippen molar-refractivity contribution in [2.45, 2.75) is 32.2 Å². The molecule has 3 saturated heterocycles. The van der Waals surface area contributed by atoms with Crippen LogP contribution in [0.4, 0.5) is 5.69 Å². The van der Waals surface area contributed by atoms with Crippen LogP contribution in [0.2, 0.25) is 0 Å². The molecular formula is C17H23NO4. The van der Waals surface area contributed by atoms with E-state index in [2.05, 4.69) is 30.9 Å². The monoisotopic (exact) mass is 305 g/mol. The lowest BCUT2D eigenvalue weighted by Gasteiger charge is -2.26. The largest absolute Gasteiger partial charge is 0.491 e.